The molecule has 35 heavy (non-hydrogen) atoms. The minimum Gasteiger partial charge on any atom is -0.397 e. The summed E-state index contributed by atoms with van der Waals surface area (Å²) in [6.45, 7) is 7.63. The molecule has 0 unspecified atom stereocenters. The number of pyridine rings is 1. The van der Waals surface area contributed by atoms with E-state index in [1.807, 2.05) is 57.3 Å². The summed E-state index contributed by atoms with van der Waals surface area (Å²) < 4.78 is 3.78. The van der Waals surface area contributed by atoms with Gasteiger partial charge in [-0.3, -0.25) is 9.59 Å². The Hall–Kier alpha value is -4.06. The van der Waals surface area contributed by atoms with Crippen LogP contribution in [-0.2, 0) is 19.6 Å². The Morgan fingerprint density at radius 1 is 0.857 bits per heavy atom. The first-order valence-electron chi connectivity index (χ1n) is 11.7. The van der Waals surface area contributed by atoms with Crippen LogP contribution in [0.25, 0.3) is 0 Å². The van der Waals surface area contributed by atoms with E-state index in [2.05, 4.69) is 29.7 Å². The van der Waals surface area contributed by atoms with Gasteiger partial charge < -0.3 is 19.8 Å². The van der Waals surface area contributed by atoms with E-state index >= 15 is 0 Å². The molecule has 2 aromatic carbocycles. The standard InChI is InChI=1S/C29H32N4O2/c1-20-9-5-6-10-25(20)19-31(4)29(35)27-21(2)33(22(3)28(27)30)18-24-14-12-23(13-15-24)17-32-16-8-7-11-26(32)34/h5-16H,17-19,30H2,1-4H3. The van der Waals surface area contributed by atoms with E-state index in [0.717, 1.165) is 33.6 Å². The summed E-state index contributed by atoms with van der Waals surface area (Å²) in [6, 6.07) is 21.4. The third kappa shape index (κ3) is 5.06. The third-order valence-electron chi connectivity index (χ3n) is 6.68. The van der Waals surface area contributed by atoms with E-state index in [4.69, 9.17) is 5.73 Å². The molecule has 6 heteroatoms. The highest BCUT2D eigenvalue weighted by Gasteiger charge is 2.24. The summed E-state index contributed by atoms with van der Waals surface area (Å²) in [5.41, 5.74) is 13.7. The molecule has 0 saturated carbocycles. The van der Waals surface area contributed by atoms with Crippen molar-refractivity contribution in [3.05, 3.63) is 122 Å². The molecule has 180 valence electrons. The van der Waals surface area contributed by atoms with E-state index in [1.54, 1.807) is 27.8 Å². The number of anilines is 1. The van der Waals surface area contributed by atoms with Gasteiger partial charge in [0, 0.05) is 43.8 Å². The summed E-state index contributed by atoms with van der Waals surface area (Å²) >= 11 is 0. The van der Waals surface area contributed by atoms with Gasteiger partial charge >= 0.3 is 0 Å². The van der Waals surface area contributed by atoms with Crippen molar-refractivity contribution in [1.29, 1.82) is 0 Å². The van der Waals surface area contributed by atoms with Crippen LogP contribution in [0.5, 0.6) is 0 Å². The molecule has 0 spiro atoms. The molecule has 4 rings (SSSR count). The minimum atomic E-state index is -0.0752. The lowest BCUT2D eigenvalue weighted by Gasteiger charge is -2.19. The van der Waals surface area contributed by atoms with Crippen LogP contribution >= 0.6 is 0 Å². The van der Waals surface area contributed by atoms with Crippen molar-refractivity contribution in [3.8, 4) is 0 Å². The Labute approximate surface area is 206 Å². The van der Waals surface area contributed by atoms with Crippen molar-refractivity contribution in [2.45, 2.75) is 40.4 Å². The predicted octanol–water partition coefficient (Wildman–Crippen LogP) is 4.53. The van der Waals surface area contributed by atoms with Crippen molar-refractivity contribution in [2.75, 3.05) is 12.8 Å². The lowest BCUT2D eigenvalue weighted by atomic mass is 10.1. The molecule has 1 amide bonds. The summed E-state index contributed by atoms with van der Waals surface area (Å²) in [6.07, 6.45) is 1.79. The lowest BCUT2D eigenvalue weighted by Crippen LogP contribution is -2.27. The quantitative estimate of drug-likeness (QED) is 0.433. The molecule has 4 aromatic rings. The normalized spacial score (nSPS) is 11.0. The fourth-order valence-corrected chi connectivity index (χ4v) is 4.44. The number of rotatable bonds is 7. The fraction of sp³-hybridized carbons (Fsp3) is 0.241. The van der Waals surface area contributed by atoms with Gasteiger partial charge in [-0.2, -0.15) is 0 Å². The smallest absolute Gasteiger partial charge is 0.257 e. The Morgan fingerprint density at radius 2 is 1.49 bits per heavy atom. The topological polar surface area (TPSA) is 73.3 Å². The van der Waals surface area contributed by atoms with Crippen molar-refractivity contribution < 1.29 is 4.79 Å². The zero-order valence-corrected chi connectivity index (χ0v) is 20.8. The SMILES string of the molecule is Cc1ccccc1CN(C)C(=O)c1c(N)c(C)n(Cc2ccc(Cn3ccccc3=O)cc2)c1C. The minimum absolute atomic E-state index is 0.0183. The average molecular weight is 469 g/mol. The maximum atomic E-state index is 13.4. The summed E-state index contributed by atoms with van der Waals surface area (Å²) in [5.74, 6) is -0.0752. The summed E-state index contributed by atoms with van der Waals surface area (Å²) in [4.78, 5) is 27.1. The van der Waals surface area contributed by atoms with Gasteiger partial charge in [0.1, 0.15) is 0 Å². The molecule has 0 atom stereocenters. The van der Waals surface area contributed by atoms with E-state index in [0.29, 0.717) is 30.9 Å². The largest absolute Gasteiger partial charge is 0.397 e. The Kier molecular flexibility index (Phi) is 6.92. The lowest BCUT2D eigenvalue weighted by molar-refractivity contribution is 0.0785. The van der Waals surface area contributed by atoms with Gasteiger partial charge in [0.15, 0.2) is 0 Å². The molecule has 2 heterocycles. The highest BCUT2D eigenvalue weighted by atomic mass is 16.2. The first-order chi connectivity index (χ1) is 16.8. The van der Waals surface area contributed by atoms with Gasteiger partial charge in [0.05, 0.1) is 17.8 Å². The number of aromatic nitrogens is 2. The second-order valence-electron chi connectivity index (χ2n) is 9.12. The average Bonchev–Trinajstić information content (AvgIpc) is 3.05. The van der Waals surface area contributed by atoms with Gasteiger partial charge in [0.25, 0.3) is 11.5 Å². The number of nitrogens with zero attached hydrogens (tertiary/aromatic N) is 3. The Bertz CT molecular complexity index is 1410. The first-order valence-corrected chi connectivity index (χ1v) is 11.7. The molecule has 0 aliphatic heterocycles. The molecular formula is C29H32N4O2. The van der Waals surface area contributed by atoms with E-state index in [-0.39, 0.29) is 11.5 Å². The zero-order chi connectivity index (χ0) is 25.1. The molecule has 0 aliphatic carbocycles. The molecule has 0 bridgehead atoms. The number of hydrogen-bond acceptors (Lipinski definition) is 3. The number of benzene rings is 2. The van der Waals surface area contributed by atoms with Crippen molar-refractivity contribution in [2.24, 2.45) is 0 Å². The van der Waals surface area contributed by atoms with Crippen LogP contribution in [0.2, 0.25) is 0 Å². The van der Waals surface area contributed by atoms with Gasteiger partial charge in [-0.1, -0.05) is 54.6 Å². The Morgan fingerprint density at radius 3 is 2.14 bits per heavy atom. The second kappa shape index (κ2) is 10.1. The van der Waals surface area contributed by atoms with Crippen LogP contribution in [-0.4, -0.2) is 27.0 Å². The maximum Gasteiger partial charge on any atom is 0.257 e. The Balaban J connectivity index is 1.52. The van der Waals surface area contributed by atoms with Gasteiger partial charge in [-0.05, 0) is 49.1 Å². The van der Waals surface area contributed by atoms with E-state index in [9.17, 15) is 9.59 Å². The van der Waals surface area contributed by atoms with Crippen molar-refractivity contribution >= 4 is 11.6 Å². The molecule has 0 saturated heterocycles. The number of carbonyl (C=O) groups excluding carboxylic acids is 1. The maximum absolute atomic E-state index is 13.4. The summed E-state index contributed by atoms with van der Waals surface area (Å²) in [7, 11) is 1.82. The fourth-order valence-electron chi connectivity index (χ4n) is 4.44. The van der Waals surface area contributed by atoms with E-state index in [1.165, 1.54) is 0 Å². The third-order valence-corrected chi connectivity index (χ3v) is 6.68. The monoisotopic (exact) mass is 468 g/mol. The number of nitrogen functional groups attached to an aromatic ring is 1. The number of nitrogens with two attached hydrogens (primary N) is 1. The number of aryl methyl sites for hydroxylation is 1. The van der Waals surface area contributed by atoms with Crippen LogP contribution in [0.1, 0.15) is 44.0 Å². The molecule has 0 fully saturated rings. The van der Waals surface area contributed by atoms with E-state index < -0.39 is 0 Å². The van der Waals surface area contributed by atoms with Crippen LogP contribution in [0.15, 0.2) is 77.7 Å². The summed E-state index contributed by atoms with van der Waals surface area (Å²) in [5, 5.41) is 0. The molecular weight excluding hydrogens is 436 g/mol. The van der Waals surface area contributed by atoms with Gasteiger partial charge in [0.2, 0.25) is 0 Å². The van der Waals surface area contributed by atoms with Crippen molar-refractivity contribution in [3.63, 3.8) is 0 Å². The number of amides is 1. The first kappa shape index (κ1) is 24.1. The molecule has 2 aromatic heterocycles. The zero-order valence-electron chi connectivity index (χ0n) is 20.8. The second-order valence-corrected chi connectivity index (χ2v) is 9.12. The van der Waals surface area contributed by atoms with Crippen LogP contribution in [0.3, 0.4) is 0 Å². The van der Waals surface area contributed by atoms with Crippen LogP contribution < -0.4 is 11.3 Å². The predicted molar refractivity (Wildman–Crippen MR) is 141 cm³/mol. The highest BCUT2D eigenvalue weighted by molar-refractivity contribution is 6.01. The van der Waals surface area contributed by atoms with Gasteiger partial charge in [-0.15, -0.1) is 0 Å². The van der Waals surface area contributed by atoms with Crippen LogP contribution in [0, 0.1) is 20.8 Å². The molecule has 0 radical (unpaired) electrons. The molecule has 0 aliphatic rings. The highest BCUT2D eigenvalue weighted by Crippen LogP contribution is 2.27. The number of hydrogen-bond donors (Lipinski definition) is 1. The molecule has 6 nitrogen and oxygen atoms in total. The van der Waals surface area contributed by atoms with Gasteiger partial charge in [-0.25, -0.2) is 0 Å². The molecule has 2 N–H and O–H groups in total. The number of carbonyl (C=O) groups is 1. The van der Waals surface area contributed by atoms with Crippen molar-refractivity contribution in [1.82, 2.24) is 14.0 Å². The van der Waals surface area contributed by atoms with Crippen LogP contribution in [0.4, 0.5) is 5.69 Å².